The summed E-state index contributed by atoms with van der Waals surface area (Å²) in [5.41, 5.74) is 0.958. The maximum atomic E-state index is 11.8. The molecule has 114 valence electrons. The van der Waals surface area contributed by atoms with E-state index in [0.717, 1.165) is 5.69 Å². The Morgan fingerprint density at radius 2 is 1.81 bits per heavy atom. The van der Waals surface area contributed by atoms with Gasteiger partial charge in [0.15, 0.2) is 0 Å². The van der Waals surface area contributed by atoms with Gasteiger partial charge in [-0.2, -0.15) is 0 Å². The first kappa shape index (κ1) is 15.6. The molecule has 0 radical (unpaired) electrons. The summed E-state index contributed by atoms with van der Waals surface area (Å²) in [5.74, 6) is -1.54. The van der Waals surface area contributed by atoms with Crippen molar-refractivity contribution in [3.8, 4) is 0 Å². The standard InChI is InChI=1S/C14H17ClN2O4/c15-11-3-1-2-4-12(11)16-5-7-17(8-6-16)13(18)9-21-10-14(19)20/h1-4H,5-10H2,(H,19,20)/p-1. The van der Waals surface area contributed by atoms with Crippen LogP contribution in [0.1, 0.15) is 0 Å². The molecule has 1 aliphatic rings. The third-order valence-corrected chi connectivity index (χ3v) is 3.59. The van der Waals surface area contributed by atoms with Gasteiger partial charge in [0.05, 0.1) is 23.3 Å². The number of halogens is 1. The number of piperazine rings is 1. The lowest BCUT2D eigenvalue weighted by Crippen LogP contribution is -2.50. The van der Waals surface area contributed by atoms with Crippen molar-refractivity contribution in [3.63, 3.8) is 0 Å². The highest BCUT2D eigenvalue weighted by molar-refractivity contribution is 6.33. The molecule has 0 N–H and O–H groups in total. The van der Waals surface area contributed by atoms with Crippen molar-refractivity contribution in [1.82, 2.24) is 4.90 Å². The lowest BCUT2D eigenvalue weighted by atomic mass is 10.2. The number of rotatable bonds is 5. The molecule has 7 heteroatoms. The van der Waals surface area contributed by atoms with Crippen molar-refractivity contribution in [2.24, 2.45) is 0 Å². The van der Waals surface area contributed by atoms with E-state index in [0.29, 0.717) is 31.2 Å². The first-order valence-corrected chi connectivity index (χ1v) is 7.00. The van der Waals surface area contributed by atoms with Gasteiger partial charge < -0.3 is 24.4 Å². The van der Waals surface area contributed by atoms with E-state index in [1.165, 1.54) is 0 Å². The van der Waals surface area contributed by atoms with Crippen molar-refractivity contribution >= 4 is 29.2 Å². The molecule has 0 bridgehead atoms. The lowest BCUT2D eigenvalue weighted by molar-refractivity contribution is -0.309. The van der Waals surface area contributed by atoms with Crippen molar-refractivity contribution in [1.29, 1.82) is 0 Å². The first-order valence-electron chi connectivity index (χ1n) is 6.63. The zero-order valence-electron chi connectivity index (χ0n) is 11.5. The lowest BCUT2D eigenvalue weighted by Gasteiger charge is -2.36. The molecule has 1 aromatic rings. The van der Waals surface area contributed by atoms with Crippen LogP contribution in [0.15, 0.2) is 24.3 Å². The maximum Gasteiger partial charge on any atom is 0.248 e. The molecule has 0 spiro atoms. The molecule has 1 aromatic carbocycles. The predicted octanol–water partition coefficient (Wildman–Crippen LogP) is -0.245. The summed E-state index contributed by atoms with van der Waals surface area (Å²) in [7, 11) is 0. The third kappa shape index (κ3) is 4.34. The number of hydrogen-bond donors (Lipinski definition) is 0. The highest BCUT2D eigenvalue weighted by Gasteiger charge is 2.22. The van der Waals surface area contributed by atoms with Crippen molar-refractivity contribution < 1.29 is 19.4 Å². The Hall–Kier alpha value is -1.79. The van der Waals surface area contributed by atoms with Crippen LogP contribution in [0, 0.1) is 0 Å². The Labute approximate surface area is 127 Å². The molecule has 0 aliphatic carbocycles. The zero-order valence-corrected chi connectivity index (χ0v) is 12.2. The molecular weight excluding hydrogens is 296 g/mol. The summed E-state index contributed by atoms with van der Waals surface area (Å²) in [4.78, 5) is 25.8. The van der Waals surface area contributed by atoms with Gasteiger partial charge in [0, 0.05) is 26.2 Å². The molecule has 21 heavy (non-hydrogen) atoms. The van der Waals surface area contributed by atoms with Gasteiger partial charge in [-0.3, -0.25) is 4.79 Å². The summed E-state index contributed by atoms with van der Waals surface area (Å²) in [6, 6.07) is 7.58. The Morgan fingerprint density at radius 1 is 1.14 bits per heavy atom. The van der Waals surface area contributed by atoms with Crippen LogP contribution in [0.25, 0.3) is 0 Å². The van der Waals surface area contributed by atoms with Gasteiger partial charge in [-0.15, -0.1) is 0 Å². The number of benzene rings is 1. The monoisotopic (exact) mass is 311 g/mol. The number of ether oxygens (including phenoxy) is 1. The minimum Gasteiger partial charge on any atom is -0.548 e. The number of para-hydroxylation sites is 1. The normalized spacial score (nSPS) is 15.1. The molecule has 1 aliphatic heterocycles. The second-order valence-electron chi connectivity index (χ2n) is 4.68. The molecule has 1 heterocycles. The van der Waals surface area contributed by atoms with Gasteiger partial charge in [-0.1, -0.05) is 23.7 Å². The Bertz CT molecular complexity index is 515. The van der Waals surface area contributed by atoms with E-state index < -0.39 is 12.6 Å². The molecule has 0 unspecified atom stereocenters. The number of carbonyl (C=O) groups is 2. The number of amides is 1. The smallest absolute Gasteiger partial charge is 0.248 e. The second kappa shape index (κ2) is 7.28. The van der Waals surface area contributed by atoms with Gasteiger partial charge in [-0.25, -0.2) is 0 Å². The fraction of sp³-hybridized carbons (Fsp3) is 0.429. The largest absolute Gasteiger partial charge is 0.548 e. The number of carboxylic acids is 1. The van der Waals surface area contributed by atoms with E-state index in [1.807, 2.05) is 24.3 Å². The van der Waals surface area contributed by atoms with E-state index in [2.05, 4.69) is 4.90 Å². The van der Waals surface area contributed by atoms with Gasteiger partial charge >= 0.3 is 0 Å². The van der Waals surface area contributed by atoms with Gasteiger partial charge in [0.25, 0.3) is 0 Å². The molecule has 1 amide bonds. The van der Waals surface area contributed by atoms with Crippen LogP contribution >= 0.6 is 11.6 Å². The van der Waals surface area contributed by atoms with Crippen LogP contribution in [0.4, 0.5) is 5.69 Å². The Morgan fingerprint density at radius 3 is 2.43 bits per heavy atom. The third-order valence-electron chi connectivity index (χ3n) is 3.27. The molecule has 6 nitrogen and oxygen atoms in total. The Kier molecular flexibility index (Phi) is 5.41. The van der Waals surface area contributed by atoms with Crippen LogP contribution in [0.5, 0.6) is 0 Å². The van der Waals surface area contributed by atoms with Crippen molar-refractivity contribution in [2.45, 2.75) is 0 Å². The molecule has 2 rings (SSSR count). The molecule has 0 aromatic heterocycles. The molecule has 1 saturated heterocycles. The minimum absolute atomic E-state index is 0.213. The summed E-state index contributed by atoms with van der Waals surface area (Å²) in [5, 5.41) is 10.9. The van der Waals surface area contributed by atoms with Gasteiger partial charge in [0.1, 0.15) is 6.61 Å². The zero-order chi connectivity index (χ0) is 15.2. The van der Waals surface area contributed by atoms with Crippen molar-refractivity contribution in [3.05, 3.63) is 29.3 Å². The van der Waals surface area contributed by atoms with Gasteiger partial charge in [-0.05, 0) is 12.1 Å². The number of carbonyl (C=O) groups excluding carboxylic acids is 2. The number of anilines is 1. The quantitative estimate of drug-likeness (QED) is 0.750. The van der Waals surface area contributed by atoms with E-state index in [4.69, 9.17) is 16.3 Å². The molecule has 1 fully saturated rings. The summed E-state index contributed by atoms with van der Waals surface area (Å²) >= 11 is 6.15. The predicted molar refractivity (Wildman–Crippen MR) is 76.1 cm³/mol. The number of carboxylic acid groups (broad SMARTS) is 1. The number of nitrogens with zero attached hydrogens (tertiary/aromatic N) is 2. The molecule has 0 saturated carbocycles. The van der Waals surface area contributed by atoms with E-state index in [-0.39, 0.29) is 12.5 Å². The maximum absolute atomic E-state index is 11.8. The summed E-state index contributed by atoms with van der Waals surface area (Å²) < 4.78 is 4.75. The van der Waals surface area contributed by atoms with Crippen LogP contribution in [0.3, 0.4) is 0 Å². The molecule has 0 atom stereocenters. The Balaban J connectivity index is 1.82. The fourth-order valence-electron chi connectivity index (χ4n) is 2.22. The van der Waals surface area contributed by atoms with E-state index in [1.54, 1.807) is 4.90 Å². The number of aliphatic carboxylic acids is 1. The fourth-order valence-corrected chi connectivity index (χ4v) is 2.47. The molecular formula is C14H16ClN2O4-. The highest BCUT2D eigenvalue weighted by Crippen LogP contribution is 2.25. The second-order valence-corrected chi connectivity index (χ2v) is 5.09. The van der Waals surface area contributed by atoms with Crippen LogP contribution in [-0.2, 0) is 14.3 Å². The SMILES string of the molecule is O=C([O-])COCC(=O)N1CCN(c2ccccc2Cl)CC1. The minimum atomic E-state index is -1.33. The van der Waals surface area contributed by atoms with Crippen LogP contribution in [-0.4, -0.2) is 56.2 Å². The van der Waals surface area contributed by atoms with Crippen LogP contribution in [0.2, 0.25) is 5.02 Å². The topological polar surface area (TPSA) is 72.9 Å². The van der Waals surface area contributed by atoms with Gasteiger partial charge in [0.2, 0.25) is 5.91 Å². The highest BCUT2D eigenvalue weighted by atomic mass is 35.5. The van der Waals surface area contributed by atoms with Crippen LogP contribution < -0.4 is 10.0 Å². The van der Waals surface area contributed by atoms with Crippen molar-refractivity contribution in [2.75, 3.05) is 44.3 Å². The summed E-state index contributed by atoms with van der Waals surface area (Å²) in [6.45, 7) is 1.66. The average molecular weight is 312 g/mol. The summed E-state index contributed by atoms with van der Waals surface area (Å²) in [6.07, 6.45) is 0. The average Bonchev–Trinajstić information content (AvgIpc) is 2.47. The first-order chi connectivity index (χ1) is 10.1. The van der Waals surface area contributed by atoms with E-state index >= 15 is 0 Å². The number of hydrogen-bond acceptors (Lipinski definition) is 5. The van der Waals surface area contributed by atoms with E-state index in [9.17, 15) is 14.7 Å².